The number of nitrogens with zero attached hydrogens (tertiary/aromatic N) is 2. The summed E-state index contributed by atoms with van der Waals surface area (Å²) >= 11 is 6.50. The molecule has 0 bridgehead atoms. The number of pyridine rings is 2. The van der Waals surface area contributed by atoms with Gasteiger partial charge in [-0.05, 0) is 56.1 Å². The minimum atomic E-state index is 0. The molecule has 0 saturated carbocycles. The molecule has 2 rings (SSSR count). The Morgan fingerprint density at radius 2 is 1.20 bits per heavy atom. The third-order valence-electron chi connectivity index (χ3n) is 1.25. The molecule has 2 heterocycles. The summed E-state index contributed by atoms with van der Waals surface area (Å²) in [6.45, 7) is 0. The Morgan fingerprint density at radius 1 is 0.800 bits per heavy atom. The van der Waals surface area contributed by atoms with Crippen molar-refractivity contribution in [1.29, 1.82) is 0 Å². The van der Waals surface area contributed by atoms with Gasteiger partial charge in [0.15, 0.2) is 0 Å². The molecule has 15 heavy (non-hydrogen) atoms. The first kappa shape index (κ1) is 14.9. The van der Waals surface area contributed by atoms with Crippen LogP contribution in [0, 0.1) is 0 Å². The molecule has 0 spiro atoms. The van der Waals surface area contributed by atoms with Crippen LogP contribution >= 0.6 is 31.9 Å². The van der Waals surface area contributed by atoms with Crippen LogP contribution in [0.3, 0.4) is 0 Å². The van der Waals surface area contributed by atoms with E-state index in [1.807, 2.05) is 24.3 Å². The maximum atomic E-state index is 3.84. The van der Waals surface area contributed by atoms with E-state index in [9.17, 15) is 0 Å². The smallest absolute Gasteiger partial charge is 0.0410 e. The Hall–Kier alpha value is -0.117. The minimum Gasteiger partial charge on any atom is -0.264 e. The topological polar surface area (TPSA) is 25.8 Å². The molecule has 80 valence electrons. The molecule has 0 fully saturated rings. The van der Waals surface area contributed by atoms with Crippen molar-refractivity contribution in [1.82, 2.24) is 9.97 Å². The Labute approximate surface area is 119 Å². The molecule has 0 unspecified atom stereocenters. The molecule has 2 nitrogen and oxygen atoms in total. The van der Waals surface area contributed by atoms with Gasteiger partial charge in [-0.15, -0.1) is 0 Å². The van der Waals surface area contributed by atoms with Crippen molar-refractivity contribution < 1.29 is 19.5 Å². The molecule has 0 atom stereocenters. The molecule has 5 heteroatoms. The minimum absolute atomic E-state index is 0. The molecule has 2 aromatic rings. The zero-order valence-electron chi connectivity index (χ0n) is 7.62. The zero-order valence-corrected chi connectivity index (χ0v) is 12.5. The standard InChI is InChI=1S/2C5H4BrN.Ru/c2*6-5-2-1-3-7-4-5;/h2*1-4H;. The number of hydrogen-bond acceptors (Lipinski definition) is 2. The second-order valence-electron chi connectivity index (χ2n) is 2.34. The predicted octanol–water partition coefficient (Wildman–Crippen LogP) is 3.69. The van der Waals surface area contributed by atoms with Gasteiger partial charge < -0.3 is 0 Å². The van der Waals surface area contributed by atoms with Gasteiger partial charge in [-0.1, -0.05) is 0 Å². The van der Waals surface area contributed by atoms with Crippen LogP contribution < -0.4 is 0 Å². The SMILES string of the molecule is Brc1cccnc1.Brc1cccnc1.[Ru]. The van der Waals surface area contributed by atoms with E-state index in [-0.39, 0.29) is 19.5 Å². The summed E-state index contributed by atoms with van der Waals surface area (Å²) in [5.41, 5.74) is 0. The largest absolute Gasteiger partial charge is 0.264 e. The van der Waals surface area contributed by atoms with Crippen molar-refractivity contribution in [2.24, 2.45) is 0 Å². The summed E-state index contributed by atoms with van der Waals surface area (Å²) in [7, 11) is 0. The fourth-order valence-electron chi connectivity index (χ4n) is 0.684. The van der Waals surface area contributed by atoms with Crippen molar-refractivity contribution >= 4 is 31.9 Å². The Morgan fingerprint density at radius 3 is 1.33 bits per heavy atom. The van der Waals surface area contributed by atoms with Crippen molar-refractivity contribution in [3.63, 3.8) is 0 Å². The fourth-order valence-corrected chi connectivity index (χ4v) is 1.23. The van der Waals surface area contributed by atoms with Crippen molar-refractivity contribution in [3.8, 4) is 0 Å². The first-order valence-electron chi connectivity index (χ1n) is 3.90. The second kappa shape index (κ2) is 9.13. The average molecular weight is 417 g/mol. The molecule has 0 radical (unpaired) electrons. The van der Waals surface area contributed by atoms with Crippen molar-refractivity contribution in [2.75, 3.05) is 0 Å². The van der Waals surface area contributed by atoms with Crippen LogP contribution in [-0.4, -0.2) is 9.97 Å². The number of rotatable bonds is 0. The van der Waals surface area contributed by atoms with E-state index in [0.29, 0.717) is 0 Å². The Bertz CT molecular complexity index is 319. The van der Waals surface area contributed by atoms with Gasteiger partial charge in [0.2, 0.25) is 0 Å². The van der Waals surface area contributed by atoms with E-state index in [2.05, 4.69) is 41.8 Å². The maximum absolute atomic E-state index is 3.84. The van der Waals surface area contributed by atoms with Crippen LogP contribution in [0.1, 0.15) is 0 Å². The average Bonchev–Trinajstić information content (AvgIpc) is 2.21. The molecule has 0 aliphatic rings. The first-order valence-corrected chi connectivity index (χ1v) is 5.48. The van der Waals surface area contributed by atoms with Gasteiger partial charge in [-0.3, -0.25) is 9.97 Å². The summed E-state index contributed by atoms with van der Waals surface area (Å²) in [6.07, 6.45) is 6.98. The normalized spacial score (nSPS) is 8.13. The zero-order chi connectivity index (χ0) is 10.2. The summed E-state index contributed by atoms with van der Waals surface area (Å²) in [6, 6.07) is 7.63. The van der Waals surface area contributed by atoms with Crippen LogP contribution in [0.15, 0.2) is 58.0 Å². The van der Waals surface area contributed by atoms with Gasteiger partial charge in [-0.2, -0.15) is 0 Å². The van der Waals surface area contributed by atoms with Crippen molar-refractivity contribution in [3.05, 3.63) is 58.0 Å². The van der Waals surface area contributed by atoms with E-state index >= 15 is 0 Å². The summed E-state index contributed by atoms with van der Waals surface area (Å²) in [4.78, 5) is 7.67. The van der Waals surface area contributed by atoms with Crippen molar-refractivity contribution in [2.45, 2.75) is 0 Å². The van der Waals surface area contributed by atoms with Crippen LogP contribution in [0.25, 0.3) is 0 Å². The third kappa shape index (κ3) is 7.77. The van der Waals surface area contributed by atoms with Gasteiger partial charge in [-0.25, -0.2) is 0 Å². The molecule has 0 saturated heterocycles. The molecule has 0 amide bonds. The molecule has 0 aliphatic heterocycles. The molecular weight excluding hydrogens is 409 g/mol. The van der Waals surface area contributed by atoms with E-state index in [4.69, 9.17) is 0 Å². The van der Waals surface area contributed by atoms with Gasteiger partial charge in [0, 0.05) is 53.2 Å². The molecule has 2 aromatic heterocycles. The van der Waals surface area contributed by atoms with Gasteiger partial charge in [0.1, 0.15) is 0 Å². The van der Waals surface area contributed by atoms with E-state index in [0.717, 1.165) is 8.95 Å². The summed E-state index contributed by atoms with van der Waals surface area (Å²) in [5.74, 6) is 0. The van der Waals surface area contributed by atoms with E-state index < -0.39 is 0 Å². The maximum Gasteiger partial charge on any atom is 0.0410 e. The summed E-state index contributed by atoms with van der Waals surface area (Å²) < 4.78 is 2.05. The van der Waals surface area contributed by atoms with E-state index in [1.165, 1.54) is 0 Å². The Kier molecular flexibility index (Phi) is 9.06. The van der Waals surface area contributed by atoms with Crippen LogP contribution in [0.4, 0.5) is 0 Å². The van der Waals surface area contributed by atoms with Crippen LogP contribution in [0.2, 0.25) is 0 Å². The quantitative estimate of drug-likeness (QED) is 0.612. The molecule has 0 aromatic carbocycles. The summed E-state index contributed by atoms with van der Waals surface area (Å²) in [5, 5.41) is 0. The molecule has 0 aliphatic carbocycles. The fraction of sp³-hybridized carbons (Fsp3) is 0. The van der Waals surface area contributed by atoms with Gasteiger partial charge in [0.25, 0.3) is 0 Å². The van der Waals surface area contributed by atoms with E-state index in [1.54, 1.807) is 24.8 Å². The second-order valence-corrected chi connectivity index (χ2v) is 4.17. The number of halogens is 2. The monoisotopic (exact) mass is 416 g/mol. The number of hydrogen-bond donors (Lipinski definition) is 0. The number of aromatic nitrogens is 2. The third-order valence-corrected chi connectivity index (χ3v) is 2.19. The molecular formula is C10H8Br2N2Ru. The van der Waals surface area contributed by atoms with Crippen LogP contribution in [0.5, 0.6) is 0 Å². The van der Waals surface area contributed by atoms with Gasteiger partial charge in [0.05, 0.1) is 0 Å². The van der Waals surface area contributed by atoms with Crippen LogP contribution in [-0.2, 0) is 19.5 Å². The Balaban J connectivity index is 0.000000245. The van der Waals surface area contributed by atoms with Gasteiger partial charge >= 0.3 is 0 Å². The first-order chi connectivity index (χ1) is 6.79. The predicted molar refractivity (Wildman–Crippen MR) is 63.9 cm³/mol. The molecule has 0 N–H and O–H groups in total.